The molecule has 0 aliphatic carbocycles. The van der Waals surface area contributed by atoms with Gasteiger partial charge in [-0.3, -0.25) is 5.84 Å². The van der Waals surface area contributed by atoms with Crippen LogP contribution < -0.4 is 17.0 Å². The van der Waals surface area contributed by atoms with Crippen LogP contribution in [0.3, 0.4) is 0 Å². The van der Waals surface area contributed by atoms with E-state index in [1.54, 1.807) is 0 Å². The molecule has 0 bridgehead atoms. The first-order valence-electron chi connectivity index (χ1n) is 1.69. The molecule has 0 radical (unpaired) electrons. The number of thiocarbonyl (C=S) groups is 1. The van der Waals surface area contributed by atoms with Crippen LogP contribution in [0.15, 0.2) is 12.3 Å². The lowest BCUT2D eigenvalue weighted by Gasteiger charge is -1.82. The lowest BCUT2D eigenvalue weighted by Crippen LogP contribution is -2.14. The second-order valence-corrected chi connectivity index (χ2v) is 1.37. The van der Waals surface area contributed by atoms with E-state index in [9.17, 15) is 0 Å². The molecule has 0 aromatic heterocycles. The molecule has 0 saturated carbocycles. The molecule has 0 unspecified atom stereocenters. The lowest BCUT2D eigenvalue weighted by molar-refractivity contribution is 0.969. The number of hydrogen-bond donors (Lipinski definition) is 3. The van der Waals surface area contributed by atoms with E-state index in [0.717, 1.165) is 0 Å². The third-order valence-corrected chi connectivity index (χ3v) is 0.480. The molecular weight excluding hydrogens is 110 g/mol. The maximum absolute atomic E-state index is 5.03. The number of hydrazine groups is 1. The normalized spacial score (nSPS) is 9.29. The Bertz CT molecular complexity index is 88.2. The van der Waals surface area contributed by atoms with Crippen molar-refractivity contribution in [2.45, 2.75) is 0 Å². The summed E-state index contributed by atoms with van der Waals surface area (Å²) in [6.07, 6.45) is 2.96. The molecule has 4 heteroatoms. The Morgan fingerprint density at radius 3 is 2.43 bits per heavy atom. The maximum Gasteiger partial charge on any atom is 0.0976 e. The summed E-state index contributed by atoms with van der Waals surface area (Å²) in [4.78, 5) is 0.318. The topological polar surface area (TPSA) is 64.1 Å². The van der Waals surface area contributed by atoms with Crippen LogP contribution in [0, 0.1) is 0 Å². The predicted molar refractivity (Wildman–Crippen MR) is 33.2 cm³/mol. The summed E-state index contributed by atoms with van der Waals surface area (Å²) in [5.41, 5.74) is 7.28. The van der Waals surface area contributed by atoms with Crippen molar-refractivity contribution in [1.29, 1.82) is 0 Å². The van der Waals surface area contributed by atoms with Crippen molar-refractivity contribution in [3.8, 4) is 0 Å². The summed E-state index contributed by atoms with van der Waals surface area (Å²) < 4.78 is 0. The zero-order chi connectivity index (χ0) is 5.70. The van der Waals surface area contributed by atoms with Crippen LogP contribution in [0.4, 0.5) is 0 Å². The fraction of sp³-hybridized carbons (Fsp3) is 0. The van der Waals surface area contributed by atoms with Gasteiger partial charge in [-0.1, -0.05) is 12.2 Å². The molecule has 0 fully saturated rings. The summed E-state index contributed by atoms with van der Waals surface area (Å²) >= 11 is 4.46. The molecular formula is C3H7N3S. The van der Waals surface area contributed by atoms with E-state index in [1.165, 1.54) is 12.3 Å². The highest BCUT2D eigenvalue weighted by Gasteiger charge is 1.69. The van der Waals surface area contributed by atoms with Gasteiger partial charge >= 0.3 is 0 Å². The Kier molecular flexibility index (Phi) is 3.26. The molecule has 7 heavy (non-hydrogen) atoms. The molecule has 0 aliphatic rings. The molecule has 40 valence electrons. The van der Waals surface area contributed by atoms with E-state index in [1.807, 2.05) is 0 Å². The van der Waals surface area contributed by atoms with Gasteiger partial charge in [0.15, 0.2) is 0 Å². The fourth-order valence-electron chi connectivity index (χ4n) is 0.130. The standard InChI is InChI=1S/C3H7N3S/c4-3(7)1-2-6-5/h1-2,6H,5H2,(H2,4,7). The first kappa shape index (κ1) is 6.39. The van der Waals surface area contributed by atoms with Crippen molar-refractivity contribution in [2.75, 3.05) is 0 Å². The van der Waals surface area contributed by atoms with Crippen molar-refractivity contribution in [1.82, 2.24) is 5.43 Å². The van der Waals surface area contributed by atoms with Crippen molar-refractivity contribution >= 4 is 17.2 Å². The van der Waals surface area contributed by atoms with Crippen LogP contribution in [-0.2, 0) is 0 Å². The first-order chi connectivity index (χ1) is 3.27. The molecule has 0 heterocycles. The van der Waals surface area contributed by atoms with Gasteiger partial charge in [-0.15, -0.1) is 0 Å². The van der Waals surface area contributed by atoms with Crippen LogP contribution in [-0.4, -0.2) is 4.99 Å². The highest BCUT2D eigenvalue weighted by molar-refractivity contribution is 7.80. The van der Waals surface area contributed by atoms with E-state index in [0.29, 0.717) is 4.99 Å². The smallest absolute Gasteiger partial charge is 0.0976 e. The molecule has 0 rings (SSSR count). The molecule has 0 saturated heterocycles. The maximum atomic E-state index is 5.03. The third kappa shape index (κ3) is 5.39. The average molecular weight is 117 g/mol. The van der Waals surface area contributed by atoms with E-state index < -0.39 is 0 Å². The molecule has 0 aromatic carbocycles. The van der Waals surface area contributed by atoms with Gasteiger partial charge < -0.3 is 11.2 Å². The molecule has 0 aromatic rings. The lowest BCUT2D eigenvalue weighted by atomic mass is 10.6. The Morgan fingerprint density at radius 1 is 1.71 bits per heavy atom. The van der Waals surface area contributed by atoms with Gasteiger partial charge in [-0.25, -0.2) is 0 Å². The number of rotatable bonds is 2. The second-order valence-electron chi connectivity index (χ2n) is 0.902. The van der Waals surface area contributed by atoms with Gasteiger partial charge in [-0.05, 0) is 6.08 Å². The van der Waals surface area contributed by atoms with Crippen LogP contribution in [0.2, 0.25) is 0 Å². The molecule has 0 aliphatic heterocycles. The Balaban J connectivity index is 3.26. The zero-order valence-electron chi connectivity index (χ0n) is 3.72. The summed E-state index contributed by atoms with van der Waals surface area (Å²) in [5.74, 6) is 4.82. The molecule has 3 nitrogen and oxygen atoms in total. The number of hydrogen-bond acceptors (Lipinski definition) is 3. The summed E-state index contributed by atoms with van der Waals surface area (Å²) in [5, 5.41) is 0. The monoisotopic (exact) mass is 117 g/mol. The molecule has 0 atom stereocenters. The van der Waals surface area contributed by atoms with Crippen molar-refractivity contribution < 1.29 is 0 Å². The summed E-state index contributed by atoms with van der Waals surface area (Å²) in [7, 11) is 0. The van der Waals surface area contributed by atoms with Gasteiger partial charge in [0.1, 0.15) is 0 Å². The van der Waals surface area contributed by atoms with Gasteiger partial charge in [0.05, 0.1) is 4.99 Å². The van der Waals surface area contributed by atoms with Gasteiger partial charge in [0.25, 0.3) is 0 Å². The predicted octanol–water partition coefficient (Wildman–Crippen LogP) is -0.751. The van der Waals surface area contributed by atoms with E-state index in [-0.39, 0.29) is 0 Å². The largest absolute Gasteiger partial charge is 0.390 e. The van der Waals surface area contributed by atoms with Crippen molar-refractivity contribution in [2.24, 2.45) is 11.6 Å². The van der Waals surface area contributed by atoms with E-state index in [4.69, 9.17) is 11.6 Å². The number of nitrogens with two attached hydrogens (primary N) is 2. The Hall–Kier alpha value is -0.610. The quantitative estimate of drug-likeness (QED) is 0.193. The van der Waals surface area contributed by atoms with E-state index >= 15 is 0 Å². The minimum atomic E-state index is 0.318. The van der Waals surface area contributed by atoms with Gasteiger partial charge in [0.2, 0.25) is 0 Å². The molecule has 5 N–H and O–H groups in total. The van der Waals surface area contributed by atoms with E-state index in [2.05, 4.69) is 17.6 Å². The molecule has 0 spiro atoms. The SMILES string of the molecule is NNC=CC(N)=S. The van der Waals surface area contributed by atoms with Gasteiger partial charge in [0, 0.05) is 6.20 Å². The third-order valence-electron chi connectivity index (χ3n) is 0.344. The van der Waals surface area contributed by atoms with Crippen molar-refractivity contribution in [3.05, 3.63) is 12.3 Å². The second kappa shape index (κ2) is 3.58. The summed E-state index contributed by atoms with van der Waals surface area (Å²) in [6.45, 7) is 0. The highest BCUT2D eigenvalue weighted by Crippen LogP contribution is 1.64. The Labute approximate surface area is 47.3 Å². The minimum absolute atomic E-state index is 0.318. The zero-order valence-corrected chi connectivity index (χ0v) is 4.53. The van der Waals surface area contributed by atoms with Crippen molar-refractivity contribution in [3.63, 3.8) is 0 Å². The van der Waals surface area contributed by atoms with Crippen LogP contribution in [0.5, 0.6) is 0 Å². The van der Waals surface area contributed by atoms with Crippen LogP contribution >= 0.6 is 12.2 Å². The first-order valence-corrected chi connectivity index (χ1v) is 2.10. The minimum Gasteiger partial charge on any atom is -0.390 e. The van der Waals surface area contributed by atoms with Crippen LogP contribution in [0.1, 0.15) is 0 Å². The number of nitrogens with one attached hydrogen (secondary N) is 1. The summed E-state index contributed by atoms with van der Waals surface area (Å²) in [6, 6.07) is 0. The van der Waals surface area contributed by atoms with Crippen LogP contribution in [0.25, 0.3) is 0 Å². The molecule has 0 amide bonds. The van der Waals surface area contributed by atoms with Gasteiger partial charge in [-0.2, -0.15) is 0 Å². The highest BCUT2D eigenvalue weighted by atomic mass is 32.1. The fourth-order valence-corrected chi connectivity index (χ4v) is 0.198. The Morgan fingerprint density at radius 2 is 2.29 bits per heavy atom. The average Bonchev–Trinajstić information content (AvgIpc) is 1.61.